The number of hydrogen-bond acceptors (Lipinski definition) is 3. The van der Waals surface area contributed by atoms with Gasteiger partial charge in [-0.2, -0.15) is 0 Å². The summed E-state index contributed by atoms with van der Waals surface area (Å²) in [6.07, 6.45) is 1.07. The minimum Gasteiger partial charge on any atom is -0.317 e. The minimum atomic E-state index is -0.280. The monoisotopic (exact) mass is 220 g/mol. The van der Waals surface area contributed by atoms with Gasteiger partial charge in [-0.15, -0.1) is 0 Å². The molecule has 0 aromatic heterocycles. The van der Waals surface area contributed by atoms with E-state index in [0.717, 1.165) is 25.1 Å². The maximum absolute atomic E-state index is 10.9. The highest BCUT2D eigenvalue weighted by atomic mass is 16.6. The van der Waals surface area contributed by atoms with E-state index in [-0.39, 0.29) is 10.6 Å². The van der Waals surface area contributed by atoms with Gasteiger partial charge >= 0.3 is 0 Å². The zero-order valence-corrected chi connectivity index (χ0v) is 9.35. The van der Waals surface area contributed by atoms with Gasteiger partial charge in [0.25, 0.3) is 5.69 Å². The molecule has 86 valence electrons. The lowest BCUT2D eigenvalue weighted by atomic mass is 10.1. The standard InChI is InChI=1S/C12H16N2O2/c1-2-13-8-9-7-11(9)10-5-3-4-6-12(10)14(15)16/h3-6,9,11,13H,2,7-8H2,1H3. The van der Waals surface area contributed by atoms with E-state index in [1.54, 1.807) is 12.1 Å². The van der Waals surface area contributed by atoms with E-state index < -0.39 is 0 Å². The molecule has 1 aromatic rings. The second kappa shape index (κ2) is 4.61. The maximum atomic E-state index is 10.9. The average molecular weight is 220 g/mol. The van der Waals surface area contributed by atoms with E-state index in [4.69, 9.17) is 0 Å². The Hall–Kier alpha value is -1.42. The Morgan fingerprint density at radius 1 is 1.50 bits per heavy atom. The van der Waals surface area contributed by atoms with Gasteiger partial charge < -0.3 is 5.32 Å². The Labute approximate surface area is 94.8 Å². The first kappa shape index (κ1) is 11.1. The van der Waals surface area contributed by atoms with Gasteiger partial charge in [-0.25, -0.2) is 0 Å². The predicted molar refractivity (Wildman–Crippen MR) is 62.5 cm³/mol. The molecule has 1 fully saturated rings. The minimum absolute atomic E-state index is 0.270. The summed E-state index contributed by atoms with van der Waals surface area (Å²) >= 11 is 0. The predicted octanol–water partition coefficient (Wildman–Crippen LogP) is 2.31. The van der Waals surface area contributed by atoms with Crippen molar-refractivity contribution in [3.8, 4) is 0 Å². The zero-order chi connectivity index (χ0) is 11.5. The summed E-state index contributed by atoms with van der Waals surface area (Å²) in [6, 6.07) is 7.08. The van der Waals surface area contributed by atoms with Gasteiger partial charge in [0.1, 0.15) is 0 Å². The fourth-order valence-corrected chi connectivity index (χ4v) is 2.15. The molecule has 0 aliphatic heterocycles. The molecule has 2 atom stereocenters. The number of para-hydroxylation sites is 1. The van der Waals surface area contributed by atoms with Crippen molar-refractivity contribution in [2.45, 2.75) is 19.3 Å². The van der Waals surface area contributed by atoms with E-state index in [1.165, 1.54) is 0 Å². The number of benzene rings is 1. The van der Waals surface area contributed by atoms with Crippen LogP contribution in [0.25, 0.3) is 0 Å². The Kier molecular flexibility index (Phi) is 3.19. The van der Waals surface area contributed by atoms with Crippen LogP contribution in [0.4, 0.5) is 5.69 Å². The first-order valence-electron chi connectivity index (χ1n) is 5.68. The number of nitrogens with zero attached hydrogens (tertiary/aromatic N) is 1. The summed E-state index contributed by atoms with van der Waals surface area (Å²) in [4.78, 5) is 10.6. The first-order chi connectivity index (χ1) is 7.74. The Morgan fingerprint density at radius 3 is 2.94 bits per heavy atom. The van der Waals surface area contributed by atoms with Crippen LogP contribution in [0.1, 0.15) is 24.8 Å². The van der Waals surface area contributed by atoms with Gasteiger partial charge in [0.2, 0.25) is 0 Å². The number of hydrogen-bond donors (Lipinski definition) is 1. The van der Waals surface area contributed by atoms with Crippen LogP contribution in [-0.4, -0.2) is 18.0 Å². The smallest absolute Gasteiger partial charge is 0.272 e. The number of nitro groups is 1. The molecule has 1 aliphatic carbocycles. The van der Waals surface area contributed by atoms with Crippen molar-refractivity contribution < 1.29 is 4.92 Å². The molecular weight excluding hydrogens is 204 g/mol. The van der Waals surface area contributed by atoms with Crippen LogP contribution in [0.2, 0.25) is 0 Å². The highest BCUT2D eigenvalue weighted by molar-refractivity contribution is 5.45. The lowest BCUT2D eigenvalue weighted by molar-refractivity contribution is -0.385. The fraction of sp³-hybridized carbons (Fsp3) is 0.500. The van der Waals surface area contributed by atoms with Crippen LogP contribution in [0.15, 0.2) is 24.3 Å². The Balaban J connectivity index is 2.08. The van der Waals surface area contributed by atoms with Crippen LogP contribution in [0, 0.1) is 16.0 Å². The van der Waals surface area contributed by atoms with Gasteiger partial charge in [-0.1, -0.05) is 25.1 Å². The van der Waals surface area contributed by atoms with Crippen molar-refractivity contribution in [1.82, 2.24) is 5.32 Å². The summed E-state index contributed by atoms with van der Waals surface area (Å²) < 4.78 is 0. The first-order valence-corrected chi connectivity index (χ1v) is 5.68. The lowest BCUT2D eigenvalue weighted by Crippen LogP contribution is -2.16. The van der Waals surface area contributed by atoms with Crippen molar-refractivity contribution >= 4 is 5.69 Å². The summed E-state index contributed by atoms with van der Waals surface area (Å²) in [5, 5.41) is 14.2. The Bertz CT molecular complexity index is 392. The summed E-state index contributed by atoms with van der Waals surface area (Å²) in [7, 11) is 0. The van der Waals surface area contributed by atoms with Crippen LogP contribution < -0.4 is 5.32 Å². The van der Waals surface area contributed by atoms with E-state index in [1.807, 2.05) is 12.1 Å². The molecule has 2 rings (SSSR count). The van der Waals surface area contributed by atoms with E-state index in [0.29, 0.717) is 11.8 Å². The average Bonchev–Trinajstić information content (AvgIpc) is 3.05. The lowest BCUT2D eigenvalue weighted by Gasteiger charge is -2.02. The number of nitrogens with one attached hydrogen (secondary N) is 1. The van der Waals surface area contributed by atoms with E-state index >= 15 is 0 Å². The molecule has 1 N–H and O–H groups in total. The number of nitro benzene ring substituents is 1. The molecule has 1 aromatic carbocycles. The Morgan fingerprint density at radius 2 is 2.25 bits per heavy atom. The summed E-state index contributed by atoms with van der Waals surface area (Å²) in [5.74, 6) is 0.946. The molecule has 4 nitrogen and oxygen atoms in total. The zero-order valence-electron chi connectivity index (χ0n) is 9.35. The SMILES string of the molecule is CCNCC1CC1c1ccccc1[N+](=O)[O-]. The molecule has 4 heteroatoms. The third-order valence-corrected chi connectivity index (χ3v) is 3.11. The molecule has 2 unspecified atom stereocenters. The van der Waals surface area contributed by atoms with Crippen molar-refractivity contribution in [2.75, 3.05) is 13.1 Å². The van der Waals surface area contributed by atoms with Crippen molar-refractivity contribution in [1.29, 1.82) is 0 Å². The molecule has 1 saturated carbocycles. The molecule has 16 heavy (non-hydrogen) atoms. The van der Waals surface area contributed by atoms with E-state index in [2.05, 4.69) is 12.2 Å². The van der Waals surface area contributed by atoms with Crippen LogP contribution in [0.3, 0.4) is 0 Å². The van der Waals surface area contributed by atoms with Crippen LogP contribution >= 0.6 is 0 Å². The van der Waals surface area contributed by atoms with Crippen molar-refractivity contribution in [2.24, 2.45) is 5.92 Å². The van der Waals surface area contributed by atoms with Crippen LogP contribution in [0.5, 0.6) is 0 Å². The largest absolute Gasteiger partial charge is 0.317 e. The normalized spacial score (nSPS) is 23.1. The van der Waals surface area contributed by atoms with Crippen LogP contribution in [-0.2, 0) is 0 Å². The second-order valence-corrected chi connectivity index (χ2v) is 4.23. The molecule has 0 bridgehead atoms. The molecule has 0 spiro atoms. The van der Waals surface area contributed by atoms with Gasteiger partial charge in [0.15, 0.2) is 0 Å². The van der Waals surface area contributed by atoms with Gasteiger partial charge in [-0.3, -0.25) is 10.1 Å². The molecule has 0 radical (unpaired) electrons. The van der Waals surface area contributed by atoms with Crippen molar-refractivity contribution in [3.63, 3.8) is 0 Å². The molecule has 1 aliphatic rings. The molecule has 0 heterocycles. The highest BCUT2D eigenvalue weighted by Gasteiger charge is 2.41. The van der Waals surface area contributed by atoms with Gasteiger partial charge in [0, 0.05) is 11.6 Å². The van der Waals surface area contributed by atoms with Gasteiger partial charge in [-0.05, 0) is 31.3 Å². The third kappa shape index (κ3) is 2.22. The van der Waals surface area contributed by atoms with Crippen molar-refractivity contribution in [3.05, 3.63) is 39.9 Å². The summed E-state index contributed by atoms with van der Waals surface area (Å²) in [5.41, 5.74) is 1.17. The number of rotatable bonds is 5. The van der Waals surface area contributed by atoms with Gasteiger partial charge in [0.05, 0.1) is 4.92 Å². The topological polar surface area (TPSA) is 55.2 Å². The molecular formula is C12H16N2O2. The third-order valence-electron chi connectivity index (χ3n) is 3.11. The van der Waals surface area contributed by atoms with E-state index in [9.17, 15) is 10.1 Å². The second-order valence-electron chi connectivity index (χ2n) is 4.23. The highest BCUT2D eigenvalue weighted by Crippen LogP contribution is 2.49. The molecule has 0 amide bonds. The fourth-order valence-electron chi connectivity index (χ4n) is 2.15. The quantitative estimate of drug-likeness (QED) is 0.612. The maximum Gasteiger partial charge on any atom is 0.272 e. The molecule has 0 saturated heterocycles. The summed E-state index contributed by atoms with van der Waals surface area (Å²) in [6.45, 7) is 4.00.